The van der Waals surface area contributed by atoms with Crippen LogP contribution in [0.3, 0.4) is 0 Å². The summed E-state index contributed by atoms with van der Waals surface area (Å²) < 4.78 is 64.6. The first kappa shape index (κ1) is 14.9. The monoisotopic (exact) mass is 303 g/mol. The van der Waals surface area contributed by atoms with Crippen LogP contribution in [0.5, 0.6) is 0 Å². The Morgan fingerprint density at radius 1 is 1.00 bits per heavy atom. The highest BCUT2D eigenvalue weighted by molar-refractivity contribution is 5.68. The molecule has 2 rings (SSSR count). The highest BCUT2D eigenvalue weighted by atomic mass is 19.4. The van der Waals surface area contributed by atoms with Crippen molar-refractivity contribution in [1.29, 1.82) is 0 Å². The summed E-state index contributed by atoms with van der Waals surface area (Å²) in [5, 5.41) is 10.6. The molecule has 0 aliphatic heterocycles. The van der Waals surface area contributed by atoms with Crippen LogP contribution in [-0.4, -0.2) is 4.92 Å². The van der Waals surface area contributed by atoms with E-state index >= 15 is 0 Å². The number of rotatable bonds is 2. The molecule has 21 heavy (non-hydrogen) atoms. The average molecular weight is 303 g/mol. The maximum Gasteiger partial charge on any atom is 0.416 e. The van der Waals surface area contributed by atoms with Gasteiger partial charge in [0.15, 0.2) is 0 Å². The van der Waals surface area contributed by atoms with Gasteiger partial charge in [0.1, 0.15) is 5.82 Å². The molecule has 0 spiro atoms. The van der Waals surface area contributed by atoms with Crippen molar-refractivity contribution >= 4 is 5.69 Å². The lowest BCUT2D eigenvalue weighted by Gasteiger charge is -2.09. The number of nitro benzene ring substituents is 1. The Hall–Kier alpha value is -2.51. The fourth-order valence-corrected chi connectivity index (χ4v) is 1.76. The first-order valence-electron chi connectivity index (χ1n) is 5.51. The van der Waals surface area contributed by atoms with Crippen LogP contribution in [0.15, 0.2) is 36.4 Å². The van der Waals surface area contributed by atoms with Crippen LogP contribution >= 0.6 is 0 Å². The van der Waals surface area contributed by atoms with E-state index in [1.54, 1.807) is 0 Å². The molecule has 0 heterocycles. The molecule has 0 aliphatic carbocycles. The summed E-state index contributed by atoms with van der Waals surface area (Å²) >= 11 is 0. The Labute approximate surface area is 114 Å². The zero-order valence-corrected chi connectivity index (χ0v) is 10.1. The molecule has 0 N–H and O–H groups in total. The lowest BCUT2D eigenvalue weighted by molar-refractivity contribution is -0.387. The zero-order chi connectivity index (χ0) is 15.8. The van der Waals surface area contributed by atoms with Crippen molar-refractivity contribution in [1.82, 2.24) is 0 Å². The van der Waals surface area contributed by atoms with Crippen LogP contribution in [0.4, 0.5) is 27.6 Å². The number of halogens is 5. The lowest BCUT2D eigenvalue weighted by Crippen LogP contribution is -2.04. The molecule has 0 aromatic heterocycles. The van der Waals surface area contributed by atoms with Crippen LogP contribution in [0, 0.1) is 21.7 Å². The third-order valence-corrected chi connectivity index (χ3v) is 2.73. The quantitative estimate of drug-likeness (QED) is 0.464. The highest BCUT2D eigenvalue weighted by Gasteiger charge is 2.31. The Morgan fingerprint density at radius 3 is 2.24 bits per heavy atom. The van der Waals surface area contributed by atoms with Gasteiger partial charge in [0.05, 0.1) is 10.5 Å². The van der Waals surface area contributed by atoms with Crippen molar-refractivity contribution in [3.05, 3.63) is 63.7 Å². The topological polar surface area (TPSA) is 43.1 Å². The van der Waals surface area contributed by atoms with Gasteiger partial charge in [-0.15, -0.1) is 0 Å². The molecule has 0 amide bonds. The van der Waals surface area contributed by atoms with E-state index < -0.39 is 39.5 Å². The second-order valence-electron chi connectivity index (χ2n) is 4.12. The van der Waals surface area contributed by atoms with E-state index in [-0.39, 0.29) is 11.6 Å². The van der Waals surface area contributed by atoms with Gasteiger partial charge in [-0.1, -0.05) is 12.1 Å². The van der Waals surface area contributed by atoms with Gasteiger partial charge >= 0.3 is 11.9 Å². The van der Waals surface area contributed by atoms with E-state index in [4.69, 9.17) is 0 Å². The Morgan fingerprint density at radius 2 is 1.67 bits per heavy atom. The second-order valence-corrected chi connectivity index (χ2v) is 4.12. The third-order valence-electron chi connectivity index (χ3n) is 2.73. The number of hydrogen-bond donors (Lipinski definition) is 0. The minimum absolute atomic E-state index is 0.231. The molecule has 0 saturated carbocycles. The molecule has 0 unspecified atom stereocenters. The fourth-order valence-electron chi connectivity index (χ4n) is 1.76. The number of alkyl halides is 3. The molecule has 2 aromatic rings. The average Bonchev–Trinajstić information content (AvgIpc) is 2.37. The van der Waals surface area contributed by atoms with Gasteiger partial charge in [-0.3, -0.25) is 10.1 Å². The minimum atomic E-state index is -4.64. The summed E-state index contributed by atoms with van der Waals surface area (Å²) in [6.07, 6.45) is -4.64. The van der Waals surface area contributed by atoms with Crippen molar-refractivity contribution in [3.63, 3.8) is 0 Å². The summed E-state index contributed by atoms with van der Waals surface area (Å²) in [7, 11) is 0. The van der Waals surface area contributed by atoms with Crippen LogP contribution in [0.2, 0.25) is 0 Å². The van der Waals surface area contributed by atoms with Gasteiger partial charge in [0.25, 0.3) is 0 Å². The first-order chi connectivity index (χ1) is 9.70. The van der Waals surface area contributed by atoms with E-state index in [1.807, 2.05) is 0 Å². The molecule has 8 heteroatoms. The number of nitrogens with zero attached hydrogens (tertiary/aromatic N) is 1. The summed E-state index contributed by atoms with van der Waals surface area (Å²) in [4.78, 5) is 9.53. The summed E-state index contributed by atoms with van der Waals surface area (Å²) in [5.41, 5.74) is -2.75. The maximum absolute atomic E-state index is 13.7. The smallest absolute Gasteiger partial charge is 0.258 e. The Bertz CT molecular complexity index is 712. The van der Waals surface area contributed by atoms with Crippen molar-refractivity contribution in [2.45, 2.75) is 6.18 Å². The largest absolute Gasteiger partial charge is 0.416 e. The molecule has 0 aliphatic rings. The minimum Gasteiger partial charge on any atom is -0.258 e. The second kappa shape index (κ2) is 5.12. The van der Waals surface area contributed by atoms with Gasteiger partial charge in [0, 0.05) is 17.7 Å². The predicted molar refractivity (Wildman–Crippen MR) is 63.5 cm³/mol. The number of nitro groups is 1. The maximum atomic E-state index is 13.7. The molecule has 110 valence electrons. The van der Waals surface area contributed by atoms with Gasteiger partial charge < -0.3 is 0 Å². The van der Waals surface area contributed by atoms with Gasteiger partial charge in [0.2, 0.25) is 5.82 Å². The molecule has 2 aromatic carbocycles. The molecular formula is C13H6F5NO2. The van der Waals surface area contributed by atoms with Crippen LogP contribution in [-0.2, 0) is 6.18 Å². The highest BCUT2D eigenvalue weighted by Crippen LogP contribution is 2.34. The molecule has 0 atom stereocenters. The SMILES string of the molecule is O=[N+]([O-])c1cc(-c2cccc(C(F)(F)F)c2)c(F)cc1F. The molecule has 0 saturated heterocycles. The normalized spacial score (nSPS) is 11.5. The van der Waals surface area contributed by atoms with Crippen LogP contribution in [0.1, 0.15) is 5.56 Å². The molecule has 0 radical (unpaired) electrons. The number of benzene rings is 2. The first-order valence-corrected chi connectivity index (χ1v) is 5.51. The van der Waals surface area contributed by atoms with Crippen molar-refractivity contribution in [3.8, 4) is 11.1 Å². The molecular weight excluding hydrogens is 297 g/mol. The van der Waals surface area contributed by atoms with E-state index in [0.717, 1.165) is 18.2 Å². The van der Waals surface area contributed by atoms with Gasteiger partial charge in [-0.25, -0.2) is 4.39 Å². The third kappa shape index (κ3) is 2.99. The fraction of sp³-hybridized carbons (Fsp3) is 0.0769. The molecule has 0 fully saturated rings. The summed E-state index contributed by atoms with van der Waals surface area (Å²) in [5.74, 6) is -2.58. The van der Waals surface area contributed by atoms with E-state index in [9.17, 15) is 32.1 Å². The van der Waals surface area contributed by atoms with Crippen molar-refractivity contribution < 1.29 is 26.9 Å². The summed E-state index contributed by atoms with van der Waals surface area (Å²) in [6, 6.07) is 4.44. The standard InChI is InChI=1S/C13H6F5NO2/c14-10-6-11(15)12(19(20)21)5-9(10)7-2-1-3-8(4-7)13(16,17)18/h1-6H. The Balaban J connectivity index is 2.62. The van der Waals surface area contributed by atoms with E-state index in [0.29, 0.717) is 12.1 Å². The van der Waals surface area contributed by atoms with Crippen LogP contribution in [0.25, 0.3) is 11.1 Å². The van der Waals surface area contributed by atoms with Crippen LogP contribution < -0.4 is 0 Å². The molecule has 3 nitrogen and oxygen atoms in total. The molecule has 0 bridgehead atoms. The van der Waals surface area contributed by atoms with Gasteiger partial charge in [-0.05, 0) is 17.7 Å². The van der Waals surface area contributed by atoms with Crippen molar-refractivity contribution in [2.24, 2.45) is 0 Å². The lowest BCUT2D eigenvalue weighted by atomic mass is 10.0. The van der Waals surface area contributed by atoms with Crippen molar-refractivity contribution in [2.75, 3.05) is 0 Å². The van der Waals surface area contributed by atoms with E-state index in [1.165, 1.54) is 0 Å². The zero-order valence-electron chi connectivity index (χ0n) is 10.1. The van der Waals surface area contributed by atoms with E-state index in [2.05, 4.69) is 0 Å². The summed E-state index contributed by atoms with van der Waals surface area (Å²) in [6.45, 7) is 0. The van der Waals surface area contributed by atoms with Gasteiger partial charge in [-0.2, -0.15) is 17.6 Å². The number of hydrogen-bond acceptors (Lipinski definition) is 2. The predicted octanol–water partition coefficient (Wildman–Crippen LogP) is 4.56. The Kier molecular flexibility index (Phi) is 3.63.